The highest BCUT2D eigenvalue weighted by atomic mass is 16.4. The lowest BCUT2D eigenvalue weighted by Gasteiger charge is -2.12. The summed E-state index contributed by atoms with van der Waals surface area (Å²) < 4.78 is 5.06. The van der Waals surface area contributed by atoms with Crippen LogP contribution in [0.2, 0.25) is 0 Å². The first kappa shape index (κ1) is 13.4. The number of hydrogen-bond donors (Lipinski definition) is 2. The van der Waals surface area contributed by atoms with Crippen molar-refractivity contribution in [3.8, 4) is 0 Å². The number of nitrogens with one attached hydrogen (secondary N) is 1. The van der Waals surface area contributed by atoms with Gasteiger partial charge in [0.15, 0.2) is 0 Å². The molecule has 0 unspecified atom stereocenters. The summed E-state index contributed by atoms with van der Waals surface area (Å²) in [4.78, 5) is 22.3. The summed E-state index contributed by atoms with van der Waals surface area (Å²) in [6.07, 6.45) is 6.97. The zero-order valence-corrected chi connectivity index (χ0v) is 10.6. The van der Waals surface area contributed by atoms with Crippen molar-refractivity contribution in [1.29, 1.82) is 0 Å². The van der Waals surface area contributed by atoms with Gasteiger partial charge in [-0.1, -0.05) is 11.6 Å². The van der Waals surface area contributed by atoms with E-state index in [0.717, 1.165) is 19.3 Å². The molecule has 1 aromatic rings. The molecule has 5 heteroatoms. The van der Waals surface area contributed by atoms with Gasteiger partial charge in [-0.2, -0.15) is 0 Å². The van der Waals surface area contributed by atoms with Gasteiger partial charge in [0.05, 0.1) is 6.54 Å². The topological polar surface area (TPSA) is 79.5 Å². The van der Waals surface area contributed by atoms with Crippen molar-refractivity contribution in [3.63, 3.8) is 0 Å². The van der Waals surface area contributed by atoms with E-state index in [4.69, 9.17) is 9.52 Å². The van der Waals surface area contributed by atoms with Crippen molar-refractivity contribution in [2.45, 2.75) is 38.6 Å². The SMILES string of the molecule is O=C(CC1=CCCCC1)NCc1ccc(C(=O)O)o1. The monoisotopic (exact) mass is 263 g/mol. The molecule has 1 amide bonds. The Hall–Kier alpha value is -2.04. The lowest BCUT2D eigenvalue weighted by atomic mass is 9.97. The molecule has 102 valence electrons. The van der Waals surface area contributed by atoms with Gasteiger partial charge in [0, 0.05) is 6.42 Å². The Bertz CT molecular complexity index is 501. The van der Waals surface area contributed by atoms with Crippen LogP contribution in [0.3, 0.4) is 0 Å². The van der Waals surface area contributed by atoms with Gasteiger partial charge >= 0.3 is 5.97 Å². The molecule has 0 bridgehead atoms. The minimum atomic E-state index is -1.11. The summed E-state index contributed by atoms with van der Waals surface area (Å²) >= 11 is 0. The summed E-state index contributed by atoms with van der Waals surface area (Å²) in [7, 11) is 0. The maximum absolute atomic E-state index is 11.7. The molecule has 19 heavy (non-hydrogen) atoms. The van der Waals surface area contributed by atoms with Crippen LogP contribution in [-0.2, 0) is 11.3 Å². The molecule has 0 spiro atoms. The van der Waals surface area contributed by atoms with E-state index in [1.807, 2.05) is 0 Å². The average molecular weight is 263 g/mol. The molecule has 0 aliphatic heterocycles. The lowest BCUT2D eigenvalue weighted by Crippen LogP contribution is -2.23. The molecular formula is C14H17NO4. The number of allylic oxidation sites excluding steroid dienone is 1. The number of carboxylic acids is 1. The lowest BCUT2D eigenvalue weighted by molar-refractivity contribution is -0.120. The highest BCUT2D eigenvalue weighted by Gasteiger charge is 2.11. The fourth-order valence-electron chi connectivity index (χ4n) is 2.11. The molecule has 0 fully saturated rings. The number of amides is 1. The van der Waals surface area contributed by atoms with Crippen LogP contribution in [0.5, 0.6) is 0 Å². The third kappa shape index (κ3) is 3.98. The van der Waals surface area contributed by atoms with Crippen LogP contribution in [0.25, 0.3) is 0 Å². The Labute approximate surface area is 111 Å². The summed E-state index contributed by atoms with van der Waals surface area (Å²) in [6, 6.07) is 2.94. The fraction of sp³-hybridized carbons (Fsp3) is 0.429. The third-order valence-corrected chi connectivity index (χ3v) is 3.10. The van der Waals surface area contributed by atoms with Gasteiger partial charge in [0.1, 0.15) is 5.76 Å². The van der Waals surface area contributed by atoms with Crippen LogP contribution in [0.4, 0.5) is 0 Å². The molecule has 5 nitrogen and oxygen atoms in total. The highest BCUT2D eigenvalue weighted by Crippen LogP contribution is 2.19. The summed E-state index contributed by atoms with van der Waals surface area (Å²) in [5.74, 6) is -0.825. The number of hydrogen-bond acceptors (Lipinski definition) is 3. The van der Waals surface area contributed by atoms with E-state index >= 15 is 0 Å². The predicted octanol–water partition coefficient (Wildman–Crippen LogP) is 2.48. The zero-order valence-electron chi connectivity index (χ0n) is 10.6. The molecule has 1 aromatic heterocycles. The molecule has 2 rings (SSSR count). The van der Waals surface area contributed by atoms with Gasteiger partial charge in [-0.25, -0.2) is 4.79 Å². The van der Waals surface area contributed by atoms with Gasteiger partial charge in [-0.15, -0.1) is 0 Å². The maximum Gasteiger partial charge on any atom is 0.371 e. The van der Waals surface area contributed by atoms with Crippen molar-refractivity contribution in [3.05, 3.63) is 35.3 Å². The molecule has 0 radical (unpaired) electrons. The number of carboxylic acid groups (broad SMARTS) is 1. The van der Waals surface area contributed by atoms with Crippen molar-refractivity contribution < 1.29 is 19.1 Å². The van der Waals surface area contributed by atoms with Gasteiger partial charge in [-0.05, 0) is 37.8 Å². The molecule has 0 aromatic carbocycles. The van der Waals surface area contributed by atoms with E-state index in [0.29, 0.717) is 12.2 Å². The quantitative estimate of drug-likeness (QED) is 0.800. The maximum atomic E-state index is 11.7. The van der Waals surface area contributed by atoms with Crippen LogP contribution >= 0.6 is 0 Å². The Morgan fingerprint density at radius 1 is 1.32 bits per heavy atom. The number of carbonyl (C=O) groups is 2. The summed E-state index contributed by atoms with van der Waals surface area (Å²) in [5.41, 5.74) is 1.19. The summed E-state index contributed by atoms with van der Waals surface area (Å²) in [5, 5.41) is 11.4. The van der Waals surface area contributed by atoms with Crippen molar-refractivity contribution in [1.82, 2.24) is 5.32 Å². The molecule has 0 atom stereocenters. The Kier molecular flexibility index (Phi) is 4.39. The Morgan fingerprint density at radius 3 is 2.79 bits per heavy atom. The molecule has 2 N–H and O–H groups in total. The van der Waals surface area contributed by atoms with E-state index in [-0.39, 0.29) is 18.2 Å². The van der Waals surface area contributed by atoms with Crippen LogP contribution in [-0.4, -0.2) is 17.0 Å². The van der Waals surface area contributed by atoms with Crippen molar-refractivity contribution >= 4 is 11.9 Å². The third-order valence-electron chi connectivity index (χ3n) is 3.10. The molecule has 1 heterocycles. The van der Waals surface area contributed by atoms with E-state index in [1.165, 1.54) is 18.1 Å². The van der Waals surface area contributed by atoms with E-state index in [9.17, 15) is 9.59 Å². The standard InChI is InChI=1S/C14H17NO4/c16-13(8-10-4-2-1-3-5-10)15-9-11-6-7-12(19-11)14(17)18/h4,6-7H,1-3,5,8-9H2,(H,15,16)(H,17,18). The number of aromatic carboxylic acids is 1. The Balaban J connectivity index is 1.79. The first-order chi connectivity index (χ1) is 9.15. The predicted molar refractivity (Wildman–Crippen MR) is 68.7 cm³/mol. The minimum absolute atomic E-state index is 0.0542. The van der Waals surface area contributed by atoms with Gasteiger partial charge < -0.3 is 14.8 Å². The molecule has 0 saturated carbocycles. The largest absolute Gasteiger partial charge is 0.475 e. The fourth-order valence-corrected chi connectivity index (χ4v) is 2.11. The van der Waals surface area contributed by atoms with Crippen LogP contribution < -0.4 is 5.32 Å². The molecule has 1 aliphatic carbocycles. The smallest absolute Gasteiger partial charge is 0.371 e. The van der Waals surface area contributed by atoms with Gasteiger partial charge in [0.25, 0.3) is 0 Å². The first-order valence-corrected chi connectivity index (χ1v) is 6.42. The first-order valence-electron chi connectivity index (χ1n) is 6.42. The van der Waals surface area contributed by atoms with Gasteiger partial charge in [-0.3, -0.25) is 4.79 Å². The van der Waals surface area contributed by atoms with Crippen LogP contribution in [0.15, 0.2) is 28.2 Å². The van der Waals surface area contributed by atoms with Crippen molar-refractivity contribution in [2.75, 3.05) is 0 Å². The van der Waals surface area contributed by atoms with Gasteiger partial charge in [0.2, 0.25) is 11.7 Å². The van der Waals surface area contributed by atoms with Crippen molar-refractivity contribution in [2.24, 2.45) is 0 Å². The average Bonchev–Trinajstić information content (AvgIpc) is 2.86. The molecule has 0 saturated heterocycles. The highest BCUT2D eigenvalue weighted by molar-refractivity contribution is 5.84. The molecule has 1 aliphatic rings. The number of carbonyl (C=O) groups excluding carboxylic acids is 1. The van der Waals surface area contributed by atoms with E-state index < -0.39 is 5.97 Å². The number of rotatable bonds is 5. The second kappa shape index (κ2) is 6.22. The Morgan fingerprint density at radius 2 is 2.16 bits per heavy atom. The second-order valence-corrected chi connectivity index (χ2v) is 4.63. The van der Waals surface area contributed by atoms with E-state index in [1.54, 1.807) is 6.07 Å². The molecular weight excluding hydrogens is 246 g/mol. The number of furan rings is 1. The minimum Gasteiger partial charge on any atom is -0.475 e. The van der Waals surface area contributed by atoms with Crippen LogP contribution in [0, 0.1) is 0 Å². The summed E-state index contributed by atoms with van der Waals surface area (Å²) in [6.45, 7) is 0.222. The second-order valence-electron chi connectivity index (χ2n) is 4.63. The normalized spacial score (nSPS) is 14.8. The van der Waals surface area contributed by atoms with Crippen LogP contribution in [0.1, 0.15) is 48.4 Å². The zero-order chi connectivity index (χ0) is 13.7. The van der Waals surface area contributed by atoms with E-state index in [2.05, 4.69) is 11.4 Å².